The highest BCUT2D eigenvalue weighted by Gasteiger charge is 2.21. The number of nitrogens with zero attached hydrogens (tertiary/aromatic N) is 2. The normalized spacial score (nSPS) is 21.3. The molecule has 108 valence electrons. The Bertz CT molecular complexity index is 206. The standard InChI is InChI=1S/C15H33N3/c1-5-8-16-12-15-7-11-18(13-15)10-6-9-17(4)14(2)3/h14-16H,5-13H2,1-4H3. The van der Waals surface area contributed by atoms with Crippen LogP contribution in [0.4, 0.5) is 0 Å². The van der Waals surface area contributed by atoms with E-state index in [1.807, 2.05) is 0 Å². The highest BCUT2D eigenvalue weighted by Crippen LogP contribution is 2.15. The summed E-state index contributed by atoms with van der Waals surface area (Å²) in [4.78, 5) is 5.09. The third-order valence-corrected chi connectivity index (χ3v) is 4.10. The Morgan fingerprint density at radius 3 is 2.83 bits per heavy atom. The Kier molecular flexibility index (Phi) is 7.87. The number of nitrogens with one attached hydrogen (secondary N) is 1. The lowest BCUT2D eigenvalue weighted by molar-refractivity contribution is 0.242. The van der Waals surface area contributed by atoms with Gasteiger partial charge in [0, 0.05) is 12.6 Å². The second-order valence-corrected chi connectivity index (χ2v) is 6.09. The molecule has 18 heavy (non-hydrogen) atoms. The van der Waals surface area contributed by atoms with Gasteiger partial charge in [-0.2, -0.15) is 0 Å². The van der Waals surface area contributed by atoms with Crippen molar-refractivity contribution in [2.45, 2.75) is 46.1 Å². The molecule has 0 aliphatic carbocycles. The summed E-state index contributed by atoms with van der Waals surface area (Å²) in [6.45, 7) is 14.3. The summed E-state index contributed by atoms with van der Waals surface area (Å²) >= 11 is 0. The van der Waals surface area contributed by atoms with Gasteiger partial charge in [-0.3, -0.25) is 0 Å². The summed E-state index contributed by atoms with van der Waals surface area (Å²) < 4.78 is 0. The van der Waals surface area contributed by atoms with E-state index < -0.39 is 0 Å². The van der Waals surface area contributed by atoms with Crippen molar-refractivity contribution >= 4 is 0 Å². The predicted octanol–water partition coefficient (Wildman–Crippen LogP) is 2.04. The van der Waals surface area contributed by atoms with E-state index in [4.69, 9.17) is 0 Å². The molecule has 3 nitrogen and oxygen atoms in total. The summed E-state index contributed by atoms with van der Waals surface area (Å²) in [5, 5.41) is 3.55. The Morgan fingerprint density at radius 2 is 2.17 bits per heavy atom. The maximum Gasteiger partial charge on any atom is 0.00355 e. The lowest BCUT2D eigenvalue weighted by Crippen LogP contribution is -2.31. The fraction of sp³-hybridized carbons (Fsp3) is 1.00. The maximum absolute atomic E-state index is 3.55. The molecule has 0 spiro atoms. The second-order valence-electron chi connectivity index (χ2n) is 6.09. The molecular weight excluding hydrogens is 222 g/mol. The number of rotatable bonds is 9. The maximum atomic E-state index is 3.55. The van der Waals surface area contributed by atoms with Crippen molar-refractivity contribution in [1.29, 1.82) is 0 Å². The van der Waals surface area contributed by atoms with Crippen LogP contribution in [-0.4, -0.2) is 62.2 Å². The molecule has 0 bridgehead atoms. The molecule has 0 aromatic carbocycles. The molecule has 1 aliphatic heterocycles. The average molecular weight is 255 g/mol. The van der Waals surface area contributed by atoms with Crippen LogP contribution in [0.3, 0.4) is 0 Å². The van der Waals surface area contributed by atoms with Crippen LogP contribution in [0, 0.1) is 5.92 Å². The van der Waals surface area contributed by atoms with Gasteiger partial charge in [-0.25, -0.2) is 0 Å². The third-order valence-electron chi connectivity index (χ3n) is 4.10. The molecular formula is C15H33N3. The van der Waals surface area contributed by atoms with E-state index in [2.05, 4.69) is 42.9 Å². The van der Waals surface area contributed by atoms with Crippen molar-refractivity contribution in [2.75, 3.05) is 46.3 Å². The first-order valence-electron chi connectivity index (χ1n) is 7.76. The zero-order valence-corrected chi connectivity index (χ0v) is 12.9. The van der Waals surface area contributed by atoms with Crippen LogP contribution in [0.1, 0.15) is 40.0 Å². The van der Waals surface area contributed by atoms with Gasteiger partial charge in [0.05, 0.1) is 0 Å². The fourth-order valence-electron chi connectivity index (χ4n) is 2.57. The molecule has 1 saturated heterocycles. The van der Waals surface area contributed by atoms with Crippen LogP contribution in [0.2, 0.25) is 0 Å². The molecule has 1 rings (SSSR count). The molecule has 1 aliphatic rings. The van der Waals surface area contributed by atoms with E-state index in [1.165, 1.54) is 58.5 Å². The Hall–Kier alpha value is -0.120. The SMILES string of the molecule is CCCNCC1CCN(CCCN(C)C(C)C)C1. The summed E-state index contributed by atoms with van der Waals surface area (Å²) in [5.41, 5.74) is 0. The van der Waals surface area contributed by atoms with Gasteiger partial charge in [0.25, 0.3) is 0 Å². The first kappa shape index (κ1) is 15.9. The van der Waals surface area contributed by atoms with Gasteiger partial charge in [-0.1, -0.05) is 6.92 Å². The van der Waals surface area contributed by atoms with Crippen molar-refractivity contribution in [1.82, 2.24) is 15.1 Å². The zero-order valence-electron chi connectivity index (χ0n) is 12.9. The quantitative estimate of drug-likeness (QED) is 0.636. The molecule has 1 atom stereocenters. The van der Waals surface area contributed by atoms with Crippen LogP contribution in [0.15, 0.2) is 0 Å². The summed E-state index contributed by atoms with van der Waals surface area (Å²) in [7, 11) is 2.23. The molecule has 1 unspecified atom stereocenters. The van der Waals surface area contributed by atoms with Crippen molar-refractivity contribution in [3.05, 3.63) is 0 Å². The van der Waals surface area contributed by atoms with Gasteiger partial charge in [-0.05, 0) is 78.8 Å². The van der Waals surface area contributed by atoms with Crippen LogP contribution >= 0.6 is 0 Å². The molecule has 0 aromatic heterocycles. The molecule has 0 aromatic rings. The lowest BCUT2D eigenvalue weighted by atomic mass is 10.1. The van der Waals surface area contributed by atoms with Crippen LogP contribution in [0.5, 0.6) is 0 Å². The third kappa shape index (κ3) is 6.17. The van der Waals surface area contributed by atoms with E-state index in [0.29, 0.717) is 6.04 Å². The fourth-order valence-corrected chi connectivity index (χ4v) is 2.57. The topological polar surface area (TPSA) is 18.5 Å². The molecule has 1 heterocycles. The lowest BCUT2D eigenvalue weighted by Gasteiger charge is -2.23. The minimum atomic E-state index is 0.676. The monoisotopic (exact) mass is 255 g/mol. The minimum absolute atomic E-state index is 0.676. The van der Waals surface area contributed by atoms with Gasteiger partial charge in [0.2, 0.25) is 0 Å². The zero-order chi connectivity index (χ0) is 13.4. The average Bonchev–Trinajstić information content (AvgIpc) is 2.77. The highest BCUT2D eigenvalue weighted by molar-refractivity contribution is 4.77. The van der Waals surface area contributed by atoms with Crippen LogP contribution in [0.25, 0.3) is 0 Å². The van der Waals surface area contributed by atoms with E-state index in [1.54, 1.807) is 0 Å². The van der Waals surface area contributed by atoms with Crippen molar-refractivity contribution in [3.8, 4) is 0 Å². The van der Waals surface area contributed by atoms with Gasteiger partial charge in [0.1, 0.15) is 0 Å². The van der Waals surface area contributed by atoms with Gasteiger partial charge in [-0.15, -0.1) is 0 Å². The van der Waals surface area contributed by atoms with Crippen LogP contribution in [-0.2, 0) is 0 Å². The molecule has 0 amide bonds. The van der Waals surface area contributed by atoms with E-state index in [0.717, 1.165) is 5.92 Å². The van der Waals surface area contributed by atoms with Gasteiger partial charge < -0.3 is 15.1 Å². The highest BCUT2D eigenvalue weighted by atomic mass is 15.2. The summed E-state index contributed by atoms with van der Waals surface area (Å²) in [6.07, 6.45) is 3.94. The Balaban J connectivity index is 2.04. The first-order chi connectivity index (χ1) is 8.63. The van der Waals surface area contributed by atoms with Crippen molar-refractivity contribution in [2.24, 2.45) is 5.92 Å². The number of hydrogen-bond donors (Lipinski definition) is 1. The van der Waals surface area contributed by atoms with E-state index in [-0.39, 0.29) is 0 Å². The smallest absolute Gasteiger partial charge is 0.00355 e. The minimum Gasteiger partial charge on any atom is -0.316 e. The van der Waals surface area contributed by atoms with Crippen molar-refractivity contribution < 1.29 is 0 Å². The second kappa shape index (κ2) is 8.89. The van der Waals surface area contributed by atoms with Gasteiger partial charge in [0.15, 0.2) is 0 Å². The van der Waals surface area contributed by atoms with Gasteiger partial charge >= 0.3 is 0 Å². The molecule has 1 N–H and O–H groups in total. The first-order valence-corrected chi connectivity index (χ1v) is 7.76. The number of hydrogen-bond acceptors (Lipinski definition) is 3. The molecule has 0 saturated carbocycles. The molecule has 0 radical (unpaired) electrons. The van der Waals surface area contributed by atoms with Crippen LogP contribution < -0.4 is 5.32 Å². The van der Waals surface area contributed by atoms with E-state index in [9.17, 15) is 0 Å². The predicted molar refractivity (Wildman–Crippen MR) is 80.1 cm³/mol. The Labute approximate surface area is 114 Å². The van der Waals surface area contributed by atoms with Crippen molar-refractivity contribution in [3.63, 3.8) is 0 Å². The molecule has 3 heteroatoms. The largest absolute Gasteiger partial charge is 0.316 e. The summed E-state index contributed by atoms with van der Waals surface area (Å²) in [6, 6.07) is 0.676. The molecule has 1 fully saturated rings. The number of likely N-dealkylation sites (tertiary alicyclic amines) is 1. The summed E-state index contributed by atoms with van der Waals surface area (Å²) in [5.74, 6) is 0.888. The van der Waals surface area contributed by atoms with E-state index >= 15 is 0 Å². The Morgan fingerprint density at radius 1 is 1.39 bits per heavy atom.